The highest BCUT2D eigenvalue weighted by molar-refractivity contribution is 5.46. The van der Waals surface area contributed by atoms with Gasteiger partial charge < -0.3 is 0 Å². The second kappa shape index (κ2) is 3.45. The Morgan fingerprint density at radius 3 is 2.56 bits per heavy atom. The van der Waals surface area contributed by atoms with Crippen molar-refractivity contribution in [3.63, 3.8) is 0 Å². The van der Waals surface area contributed by atoms with Gasteiger partial charge in [0.15, 0.2) is 0 Å². The first-order chi connectivity index (χ1) is 4.43. The molecule has 1 aliphatic carbocycles. The summed E-state index contributed by atoms with van der Waals surface area (Å²) >= 11 is 0. The molecule has 51 valence electrons. The second-order valence-corrected chi connectivity index (χ2v) is 2.35. The summed E-state index contributed by atoms with van der Waals surface area (Å²) in [6, 6.07) is 0.492. The van der Waals surface area contributed by atoms with Gasteiger partial charge in [-0.05, 0) is 12.8 Å². The van der Waals surface area contributed by atoms with E-state index in [0.29, 0.717) is 6.04 Å². The number of carbonyl (C=O) groups excluding carboxylic acids is 1. The van der Waals surface area contributed by atoms with Crippen molar-refractivity contribution in [3.05, 3.63) is 0 Å². The Bertz CT molecular complexity index is 89.1. The minimum Gasteiger partial charge on any atom is -0.283 e. The number of rotatable bonds is 3. The minimum atomic E-state index is 0.492. The van der Waals surface area contributed by atoms with Crippen molar-refractivity contribution < 1.29 is 4.79 Å². The normalized spacial score (nSPS) is 20.0. The van der Waals surface area contributed by atoms with Crippen LogP contribution in [0.5, 0.6) is 0 Å². The Balaban J connectivity index is 2.04. The van der Waals surface area contributed by atoms with Crippen LogP contribution in [0.15, 0.2) is 0 Å². The third-order valence-corrected chi connectivity index (χ3v) is 1.68. The van der Waals surface area contributed by atoms with Gasteiger partial charge in [-0.25, -0.2) is 5.43 Å². The molecule has 0 aromatic carbocycles. The van der Waals surface area contributed by atoms with Crippen molar-refractivity contribution in [1.29, 1.82) is 0 Å². The fourth-order valence-electron chi connectivity index (χ4n) is 1.20. The molecule has 3 nitrogen and oxygen atoms in total. The Hall–Kier alpha value is -0.570. The molecule has 2 N–H and O–H groups in total. The number of hydrogen-bond donors (Lipinski definition) is 2. The van der Waals surface area contributed by atoms with Gasteiger partial charge in [-0.2, -0.15) is 0 Å². The first-order valence-electron chi connectivity index (χ1n) is 3.31. The van der Waals surface area contributed by atoms with Gasteiger partial charge in [0.25, 0.3) is 0 Å². The summed E-state index contributed by atoms with van der Waals surface area (Å²) in [5.74, 6) is 0. The molecule has 1 aliphatic rings. The van der Waals surface area contributed by atoms with Gasteiger partial charge in [0, 0.05) is 6.04 Å². The molecule has 0 aliphatic heterocycles. The molecule has 0 spiro atoms. The van der Waals surface area contributed by atoms with Gasteiger partial charge in [-0.15, -0.1) is 0 Å². The molecule has 9 heavy (non-hydrogen) atoms. The number of hydrogen-bond acceptors (Lipinski definition) is 2. The predicted octanol–water partition coefficient (Wildman–Crippen LogP) is 0.0904. The lowest BCUT2D eigenvalue weighted by atomic mass is 10.3. The van der Waals surface area contributed by atoms with Gasteiger partial charge >= 0.3 is 6.41 Å². The molecule has 0 saturated heterocycles. The lowest BCUT2D eigenvalue weighted by Crippen LogP contribution is -2.37. The van der Waals surface area contributed by atoms with E-state index in [1.54, 1.807) is 6.41 Å². The van der Waals surface area contributed by atoms with E-state index in [1.807, 2.05) is 0 Å². The van der Waals surface area contributed by atoms with Crippen LogP contribution in [0.4, 0.5) is 0 Å². The van der Waals surface area contributed by atoms with Crippen LogP contribution in [0.2, 0.25) is 0 Å². The van der Waals surface area contributed by atoms with E-state index in [9.17, 15) is 4.79 Å². The SMILES string of the molecule is O=[C]NNC1CCCC1. The maximum Gasteiger partial charge on any atom is 0.324 e. The summed E-state index contributed by atoms with van der Waals surface area (Å²) in [5.41, 5.74) is 5.19. The van der Waals surface area contributed by atoms with E-state index >= 15 is 0 Å². The molecule has 0 aromatic rings. The second-order valence-electron chi connectivity index (χ2n) is 2.35. The maximum absolute atomic E-state index is 9.66. The van der Waals surface area contributed by atoms with E-state index in [4.69, 9.17) is 0 Å². The van der Waals surface area contributed by atoms with Crippen molar-refractivity contribution in [2.75, 3.05) is 0 Å². The molecular formula is C6H11N2O. The van der Waals surface area contributed by atoms with E-state index in [2.05, 4.69) is 10.9 Å². The average Bonchev–Trinajstić information content (AvgIpc) is 2.34. The Labute approximate surface area is 54.8 Å². The Kier molecular flexibility index (Phi) is 2.51. The third-order valence-electron chi connectivity index (χ3n) is 1.68. The van der Waals surface area contributed by atoms with Gasteiger partial charge in [-0.3, -0.25) is 10.2 Å². The van der Waals surface area contributed by atoms with Crippen LogP contribution in [0.1, 0.15) is 25.7 Å². The van der Waals surface area contributed by atoms with Crippen LogP contribution < -0.4 is 10.9 Å². The largest absolute Gasteiger partial charge is 0.324 e. The lowest BCUT2D eigenvalue weighted by Gasteiger charge is -2.07. The molecule has 0 heterocycles. The molecule has 0 bridgehead atoms. The summed E-state index contributed by atoms with van der Waals surface area (Å²) in [6.07, 6.45) is 6.49. The van der Waals surface area contributed by atoms with Crippen LogP contribution in [0.3, 0.4) is 0 Å². The highest BCUT2D eigenvalue weighted by Gasteiger charge is 2.12. The Morgan fingerprint density at radius 2 is 2.00 bits per heavy atom. The fourth-order valence-corrected chi connectivity index (χ4v) is 1.20. The zero-order valence-electron chi connectivity index (χ0n) is 5.31. The molecule has 0 unspecified atom stereocenters. The van der Waals surface area contributed by atoms with Crippen molar-refractivity contribution in [1.82, 2.24) is 10.9 Å². The molecular weight excluding hydrogens is 116 g/mol. The van der Waals surface area contributed by atoms with Crippen LogP contribution in [0.25, 0.3) is 0 Å². The summed E-state index contributed by atoms with van der Waals surface area (Å²) in [4.78, 5) is 9.66. The molecule has 3 heteroatoms. The monoisotopic (exact) mass is 127 g/mol. The number of amides is 1. The predicted molar refractivity (Wildman–Crippen MR) is 34.2 cm³/mol. The topological polar surface area (TPSA) is 41.1 Å². The number of hydrazine groups is 1. The summed E-state index contributed by atoms with van der Waals surface area (Å²) in [5, 5.41) is 0. The lowest BCUT2D eigenvalue weighted by molar-refractivity contribution is 0.468. The quantitative estimate of drug-likeness (QED) is 0.416. The van der Waals surface area contributed by atoms with Gasteiger partial charge in [0.1, 0.15) is 0 Å². The first-order valence-corrected chi connectivity index (χ1v) is 3.31. The van der Waals surface area contributed by atoms with E-state index in [0.717, 1.165) is 0 Å². The van der Waals surface area contributed by atoms with Crippen molar-refractivity contribution in [2.45, 2.75) is 31.7 Å². The average molecular weight is 127 g/mol. The standard InChI is InChI=1S/C6H11N2O/c9-5-7-8-6-3-1-2-4-6/h6,8H,1-4H2,(H,7,9). The third kappa shape index (κ3) is 2.01. The van der Waals surface area contributed by atoms with Gasteiger partial charge in [-0.1, -0.05) is 12.8 Å². The molecule has 1 amide bonds. The Morgan fingerprint density at radius 1 is 1.33 bits per heavy atom. The fraction of sp³-hybridized carbons (Fsp3) is 0.833. The summed E-state index contributed by atoms with van der Waals surface area (Å²) < 4.78 is 0. The zero-order chi connectivity index (χ0) is 6.53. The van der Waals surface area contributed by atoms with Crippen LogP contribution in [-0.4, -0.2) is 12.5 Å². The van der Waals surface area contributed by atoms with Crippen LogP contribution in [0, 0.1) is 0 Å². The van der Waals surface area contributed by atoms with Crippen LogP contribution in [-0.2, 0) is 4.79 Å². The summed E-state index contributed by atoms with van der Waals surface area (Å²) in [6.45, 7) is 0. The van der Waals surface area contributed by atoms with Crippen molar-refractivity contribution in [3.8, 4) is 0 Å². The zero-order valence-corrected chi connectivity index (χ0v) is 5.31. The summed E-state index contributed by atoms with van der Waals surface area (Å²) in [7, 11) is 0. The van der Waals surface area contributed by atoms with Gasteiger partial charge in [0.2, 0.25) is 0 Å². The van der Waals surface area contributed by atoms with E-state index < -0.39 is 0 Å². The van der Waals surface area contributed by atoms with Crippen molar-refractivity contribution >= 4 is 6.41 Å². The maximum atomic E-state index is 9.66. The molecule has 1 fully saturated rings. The molecule has 1 radical (unpaired) electrons. The van der Waals surface area contributed by atoms with Gasteiger partial charge in [0.05, 0.1) is 0 Å². The van der Waals surface area contributed by atoms with E-state index in [1.165, 1.54) is 25.7 Å². The smallest absolute Gasteiger partial charge is 0.283 e. The molecule has 0 aromatic heterocycles. The van der Waals surface area contributed by atoms with Crippen LogP contribution >= 0.6 is 0 Å². The first kappa shape index (κ1) is 6.55. The highest BCUT2D eigenvalue weighted by Crippen LogP contribution is 2.16. The minimum absolute atomic E-state index is 0.492. The van der Waals surface area contributed by atoms with Crippen molar-refractivity contribution in [2.24, 2.45) is 0 Å². The molecule has 0 atom stereocenters. The molecule has 1 rings (SSSR count). The van der Waals surface area contributed by atoms with E-state index in [-0.39, 0.29) is 0 Å². The number of nitrogens with one attached hydrogen (secondary N) is 2. The molecule has 1 saturated carbocycles. The highest BCUT2D eigenvalue weighted by atomic mass is 16.1.